The third-order valence-electron chi connectivity index (χ3n) is 10.9. The fraction of sp³-hybridized carbons (Fsp3) is 0.333. The predicted molar refractivity (Wildman–Crippen MR) is 206 cm³/mol. The molecule has 0 radical (unpaired) electrons. The number of fused-ring (bicyclic) bond motifs is 11. The summed E-state index contributed by atoms with van der Waals surface area (Å²) >= 11 is 0. The molecular formula is C42H44N4O8. The number of H-pyrrole nitrogens is 2. The molecule has 0 amide bonds. The summed E-state index contributed by atoms with van der Waals surface area (Å²) in [4.78, 5) is 69.0. The summed E-state index contributed by atoms with van der Waals surface area (Å²) in [6, 6.07) is 7.72. The number of carbonyl (C=O) groups excluding carboxylic acids is 4. The van der Waals surface area contributed by atoms with Gasteiger partial charge in [0.15, 0.2) is 0 Å². The maximum Gasteiger partial charge on any atom is 0.334 e. The van der Waals surface area contributed by atoms with E-state index in [2.05, 4.69) is 16.5 Å². The van der Waals surface area contributed by atoms with Crippen LogP contribution in [0.25, 0.3) is 44.9 Å². The van der Waals surface area contributed by atoms with Gasteiger partial charge < -0.3 is 28.9 Å². The van der Waals surface area contributed by atoms with Gasteiger partial charge in [-0.1, -0.05) is 24.8 Å². The first kappa shape index (κ1) is 37.7. The van der Waals surface area contributed by atoms with Crippen LogP contribution in [0, 0.1) is 19.8 Å². The first-order valence-corrected chi connectivity index (χ1v) is 17.6. The Bertz CT molecular complexity index is 2390. The number of hydrogen-bond donors (Lipinski definition) is 2. The fourth-order valence-electron chi connectivity index (χ4n) is 7.78. The Morgan fingerprint density at radius 3 is 2.04 bits per heavy atom. The molecule has 0 spiro atoms. The number of nitrogens with one attached hydrogen (secondary N) is 2. The number of methoxy groups -OCH3 is 4. The average Bonchev–Trinajstić information content (AvgIpc) is 3.82. The third kappa shape index (κ3) is 6.35. The Hall–Kier alpha value is -6.04. The number of ether oxygens (including phenoxy) is 4. The van der Waals surface area contributed by atoms with E-state index in [9.17, 15) is 19.2 Å². The molecule has 12 heteroatoms. The number of carbonyl (C=O) groups is 4. The van der Waals surface area contributed by atoms with Gasteiger partial charge in [0.1, 0.15) is 5.92 Å². The molecule has 3 aromatic rings. The lowest BCUT2D eigenvalue weighted by Crippen LogP contribution is -2.42. The van der Waals surface area contributed by atoms with Crippen LogP contribution in [0.5, 0.6) is 0 Å². The van der Waals surface area contributed by atoms with Crippen molar-refractivity contribution in [2.24, 2.45) is 5.92 Å². The Morgan fingerprint density at radius 1 is 0.759 bits per heavy atom. The zero-order valence-electron chi connectivity index (χ0n) is 31.8. The lowest BCUT2D eigenvalue weighted by molar-refractivity contribution is -0.149. The molecule has 5 heterocycles. The van der Waals surface area contributed by atoms with Crippen molar-refractivity contribution >= 4 is 68.7 Å². The van der Waals surface area contributed by atoms with Gasteiger partial charge in [0, 0.05) is 40.5 Å². The molecule has 2 unspecified atom stereocenters. The van der Waals surface area contributed by atoms with Gasteiger partial charge in [-0.2, -0.15) is 0 Å². The molecule has 2 aliphatic heterocycles. The zero-order valence-corrected chi connectivity index (χ0v) is 31.8. The van der Waals surface area contributed by atoms with Crippen molar-refractivity contribution in [2.75, 3.05) is 28.4 Å². The van der Waals surface area contributed by atoms with Gasteiger partial charge in [-0.3, -0.25) is 19.4 Å². The van der Waals surface area contributed by atoms with Crippen LogP contribution in [0.2, 0.25) is 0 Å². The molecule has 0 saturated heterocycles. The van der Waals surface area contributed by atoms with E-state index in [0.29, 0.717) is 46.5 Å². The number of allylic oxidation sites excluding steroid dienone is 5. The van der Waals surface area contributed by atoms with Crippen LogP contribution >= 0.6 is 0 Å². The monoisotopic (exact) mass is 732 g/mol. The highest BCUT2D eigenvalue weighted by atomic mass is 16.5. The van der Waals surface area contributed by atoms with Gasteiger partial charge in [-0.15, -0.1) is 0 Å². The van der Waals surface area contributed by atoms with E-state index in [1.807, 2.05) is 58.0 Å². The van der Waals surface area contributed by atoms with E-state index in [1.54, 1.807) is 12.2 Å². The molecule has 3 aliphatic rings. The molecule has 0 aromatic carbocycles. The topological polar surface area (TPSA) is 163 Å². The maximum atomic E-state index is 13.7. The van der Waals surface area contributed by atoms with E-state index in [-0.39, 0.29) is 30.4 Å². The smallest absolute Gasteiger partial charge is 0.334 e. The third-order valence-corrected chi connectivity index (χ3v) is 10.9. The molecule has 12 nitrogen and oxygen atoms in total. The number of nitrogens with zero attached hydrogens (tertiary/aromatic N) is 2. The quantitative estimate of drug-likeness (QED) is 0.177. The van der Waals surface area contributed by atoms with Crippen LogP contribution in [0.3, 0.4) is 0 Å². The predicted octanol–water partition coefficient (Wildman–Crippen LogP) is 6.81. The van der Waals surface area contributed by atoms with Gasteiger partial charge in [-0.25, -0.2) is 9.78 Å². The first-order valence-electron chi connectivity index (χ1n) is 17.6. The molecule has 54 heavy (non-hydrogen) atoms. The number of aryl methyl sites for hydroxylation is 3. The Kier molecular flexibility index (Phi) is 10.3. The highest BCUT2D eigenvalue weighted by Gasteiger charge is 2.53. The van der Waals surface area contributed by atoms with Gasteiger partial charge >= 0.3 is 23.9 Å². The van der Waals surface area contributed by atoms with Crippen LogP contribution in [-0.2, 0) is 50.0 Å². The van der Waals surface area contributed by atoms with Gasteiger partial charge in [0.05, 0.1) is 62.2 Å². The summed E-state index contributed by atoms with van der Waals surface area (Å²) < 4.78 is 20.4. The van der Waals surface area contributed by atoms with E-state index in [4.69, 9.17) is 28.9 Å². The molecule has 0 fully saturated rings. The van der Waals surface area contributed by atoms with Crippen molar-refractivity contribution in [2.45, 2.75) is 58.8 Å². The lowest BCUT2D eigenvalue weighted by atomic mass is 9.64. The Morgan fingerprint density at radius 2 is 1.39 bits per heavy atom. The largest absolute Gasteiger partial charge is 0.469 e. The van der Waals surface area contributed by atoms with Gasteiger partial charge in [-0.05, 0) is 98.2 Å². The van der Waals surface area contributed by atoms with E-state index < -0.39 is 23.3 Å². The summed E-state index contributed by atoms with van der Waals surface area (Å²) in [6.07, 6.45) is 6.25. The van der Waals surface area contributed by atoms with Gasteiger partial charge in [0.2, 0.25) is 0 Å². The number of hydrogen-bond acceptors (Lipinski definition) is 10. The molecule has 8 bridgehead atoms. The molecule has 2 N–H and O–H groups in total. The number of aromatic nitrogens is 4. The lowest BCUT2D eigenvalue weighted by Gasteiger charge is -2.36. The summed E-state index contributed by atoms with van der Waals surface area (Å²) in [5, 5.41) is 0. The highest BCUT2D eigenvalue weighted by molar-refractivity contribution is 6.02. The van der Waals surface area contributed by atoms with Crippen molar-refractivity contribution in [3.63, 3.8) is 0 Å². The minimum absolute atomic E-state index is 0.132. The van der Waals surface area contributed by atoms with Crippen LogP contribution < -0.4 is 0 Å². The molecule has 280 valence electrons. The normalized spacial score (nSPS) is 17.6. The second kappa shape index (κ2) is 14.8. The number of aromatic amines is 2. The minimum atomic E-state index is -1.16. The fourth-order valence-corrected chi connectivity index (χ4v) is 7.78. The van der Waals surface area contributed by atoms with Crippen molar-refractivity contribution < 1.29 is 38.1 Å². The van der Waals surface area contributed by atoms with Crippen LogP contribution in [0.4, 0.5) is 0 Å². The molecule has 2 atom stereocenters. The molecule has 6 rings (SSSR count). The second-order valence-electron chi connectivity index (χ2n) is 13.7. The Balaban J connectivity index is 1.76. The maximum absolute atomic E-state index is 13.7. The average molecular weight is 733 g/mol. The van der Waals surface area contributed by atoms with E-state index in [0.717, 1.165) is 50.1 Å². The zero-order chi connectivity index (χ0) is 39.1. The molecule has 1 aliphatic carbocycles. The van der Waals surface area contributed by atoms with E-state index >= 15 is 0 Å². The Labute approximate surface area is 313 Å². The van der Waals surface area contributed by atoms with Gasteiger partial charge in [0.25, 0.3) is 0 Å². The standard InChI is InChI=1S/C42H44N4O8/c1-10-24-21(2)29-17-30-22(3)25(12-15-37(47)51-6)33(44-30)18-34-26(13-16-38(48)52-7)23(4)31(45-34)20-36-42(5)28(35(46-36)19-32(24)43-29)14-11-27(40(49)53-8)39(42)41(50)54-9/h10-11,14,17-20,39,43,45H,1,12-13,15-16H2,2-9H3. The van der Waals surface area contributed by atoms with E-state index in [1.165, 1.54) is 28.4 Å². The number of rotatable bonds is 9. The van der Waals surface area contributed by atoms with Crippen molar-refractivity contribution in [3.05, 3.63) is 93.6 Å². The minimum Gasteiger partial charge on any atom is -0.469 e. The number of esters is 4. The summed E-state index contributed by atoms with van der Waals surface area (Å²) in [5.41, 5.74) is 10.4. The van der Waals surface area contributed by atoms with Crippen LogP contribution in [-0.4, -0.2) is 72.3 Å². The van der Waals surface area contributed by atoms with Crippen molar-refractivity contribution in [1.29, 1.82) is 0 Å². The molecular weight excluding hydrogens is 688 g/mol. The second-order valence-corrected chi connectivity index (χ2v) is 13.7. The summed E-state index contributed by atoms with van der Waals surface area (Å²) in [7, 11) is 5.28. The SMILES string of the molecule is C=Cc1c(C)c2cc3nc(cc4[nH]c(cc5nc(cc1[nH]2)C1=CC=C(C(=O)OC)C(C(=O)OC)C15C)c(C)c4CCC(=O)OC)C(CCC(=O)OC)=C3C. The van der Waals surface area contributed by atoms with Crippen LogP contribution in [0.15, 0.2) is 48.6 Å². The van der Waals surface area contributed by atoms with Crippen molar-refractivity contribution in [1.82, 2.24) is 19.9 Å². The first-order chi connectivity index (χ1) is 25.8. The summed E-state index contributed by atoms with van der Waals surface area (Å²) in [5.74, 6) is -3.04. The summed E-state index contributed by atoms with van der Waals surface area (Å²) in [6.45, 7) is 11.9. The van der Waals surface area contributed by atoms with Crippen LogP contribution in [0.1, 0.15) is 78.1 Å². The highest BCUT2D eigenvalue weighted by Crippen LogP contribution is 2.52. The van der Waals surface area contributed by atoms with Crippen molar-refractivity contribution in [3.8, 4) is 0 Å². The molecule has 0 saturated carbocycles. The molecule has 3 aromatic heterocycles.